The first-order valence-corrected chi connectivity index (χ1v) is 7.68. The lowest BCUT2D eigenvalue weighted by atomic mass is 10.2. The van der Waals surface area contributed by atoms with Gasteiger partial charge in [0.1, 0.15) is 11.5 Å². The molecular formula is C19H18N4O. The number of hydrogen-bond acceptors (Lipinski definition) is 4. The van der Waals surface area contributed by atoms with Crippen molar-refractivity contribution in [3.05, 3.63) is 83.8 Å². The Morgan fingerprint density at radius 2 is 1.83 bits per heavy atom. The van der Waals surface area contributed by atoms with Crippen molar-refractivity contribution >= 4 is 17.4 Å². The van der Waals surface area contributed by atoms with E-state index in [0.717, 1.165) is 16.8 Å². The van der Waals surface area contributed by atoms with Crippen molar-refractivity contribution in [2.75, 3.05) is 10.6 Å². The van der Waals surface area contributed by atoms with Gasteiger partial charge in [0.25, 0.3) is 5.91 Å². The van der Waals surface area contributed by atoms with Gasteiger partial charge in [-0.15, -0.1) is 0 Å². The maximum absolute atomic E-state index is 12.2. The number of anilines is 2. The molecule has 3 aromatic rings. The van der Waals surface area contributed by atoms with Gasteiger partial charge in [-0.05, 0) is 30.2 Å². The van der Waals surface area contributed by atoms with Crippen molar-refractivity contribution < 1.29 is 4.79 Å². The topological polar surface area (TPSA) is 66.9 Å². The van der Waals surface area contributed by atoms with Gasteiger partial charge in [-0.1, -0.05) is 42.5 Å². The number of hydrogen-bond donors (Lipinski definition) is 2. The molecule has 0 fully saturated rings. The zero-order valence-corrected chi connectivity index (χ0v) is 13.4. The van der Waals surface area contributed by atoms with Crippen LogP contribution in [-0.4, -0.2) is 15.9 Å². The fourth-order valence-electron chi connectivity index (χ4n) is 2.24. The second-order valence-electron chi connectivity index (χ2n) is 5.45. The summed E-state index contributed by atoms with van der Waals surface area (Å²) < 4.78 is 0. The monoisotopic (exact) mass is 318 g/mol. The van der Waals surface area contributed by atoms with Crippen molar-refractivity contribution in [3.63, 3.8) is 0 Å². The quantitative estimate of drug-likeness (QED) is 0.753. The van der Waals surface area contributed by atoms with Crippen molar-refractivity contribution in [2.45, 2.75) is 13.5 Å². The second kappa shape index (κ2) is 7.37. The minimum absolute atomic E-state index is 0.275. The molecule has 0 bridgehead atoms. The maximum atomic E-state index is 12.2. The average molecular weight is 318 g/mol. The van der Waals surface area contributed by atoms with Gasteiger partial charge in [0.05, 0.1) is 12.4 Å². The Morgan fingerprint density at radius 3 is 2.54 bits per heavy atom. The molecule has 5 nitrogen and oxygen atoms in total. The number of carbonyl (C=O) groups excluding carboxylic acids is 1. The van der Waals surface area contributed by atoms with Crippen LogP contribution in [0.1, 0.15) is 21.6 Å². The Hall–Kier alpha value is -3.21. The van der Waals surface area contributed by atoms with Crippen LogP contribution in [-0.2, 0) is 6.54 Å². The fourth-order valence-corrected chi connectivity index (χ4v) is 2.24. The molecule has 0 saturated heterocycles. The molecular weight excluding hydrogens is 300 g/mol. The first-order valence-electron chi connectivity index (χ1n) is 7.68. The zero-order chi connectivity index (χ0) is 16.8. The molecule has 24 heavy (non-hydrogen) atoms. The van der Waals surface area contributed by atoms with Gasteiger partial charge in [0, 0.05) is 12.2 Å². The van der Waals surface area contributed by atoms with E-state index in [9.17, 15) is 4.79 Å². The molecule has 0 unspecified atom stereocenters. The molecule has 0 atom stereocenters. The molecule has 2 aromatic carbocycles. The van der Waals surface area contributed by atoms with Crippen molar-refractivity contribution in [1.29, 1.82) is 0 Å². The number of nitrogens with zero attached hydrogens (tertiary/aromatic N) is 2. The van der Waals surface area contributed by atoms with Crippen LogP contribution in [0, 0.1) is 6.92 Å². The number of rotatable bonds is 5. The largest absolute Gasteiger partial charge is 0.365 e. The Morgan fingerprint density at radius 1 is 1.00 bits per heavy atom. The molecule has 5 heteroatoms. The first-order chi connectivity index (χ1) is 11.7. The molecule has 120 valence electrons. The molecule has 3 rings (SSSR count). The van der Waals surface area contributed by atoms with Gasteiger partial charge >= 0.3 is 0 Å². The lowest BCUT2D eigenvalue weighted by Crippen LogP contribution is -2.14. The van der Waals surface area contributed by atoms with Crippen LogP contribution in [0.15, 0.2) is 67.0 Å². The number of aryl methyl sites for hydroxylation is 1. The van der Waals surface area contributed by atoms with E-state index < -0.39 is 0 Å². The van der Waals surface area contributed by atoms with Gasteiger partial charge < -0.3 is 10.6 Å². The van der Waals surface area contributed by atoms with E-state index in [2.05, 4.69) is 20.6 Å². The molecule has 1 aromatic heterocycles. The third-order valence-electron chi connectivity index (χ3n) is 3.48. The molecule has 0 aliphatic heterocycles. The van der Waals surface area contributed by atoms with Crippen LogP contribution >= 0.6 is 0 Å². The highest BCUT2D eigenvalue weighted by atomic mass is 16.1. The number of aromatic nitrogens is 2. The Bertz CT molecular complexity index is 816. The highest BCUT2D eigenvalue weighted by Gasteiger charge is 2.08. The van der Waals surface area contributed by atoms with Crippen LogP contribution in [0.25, 0.3) is 0 Å². The molecule has 1 heterocycles. The first kappa shape index (κ1) is 15.7. The SMILES string of the molecule is Cc1cccc(NC(=O)c2cnc(NCc3ccccc3)cn2)c1. The summed E-state index contributed by atoms with van der Waals surface area (Å²) in [4.78, 5) is 20.6. The van der Waals surface area contributed by atoms with E-state index in [4.69, 9.17) is 0 Å². The predicted molar refractivity (Wildman–Crippen MR) is 94.9 cm³/mol. The Kier molecular flexibility index (Phi) is 4.81. The third-order valence-corrected chi connectivity index (χ3v) is 3.48. The summed E-state index contributed by atoms with van der Waals surface area (Å²) in [5, 5.41) is 5.99. The summed E-state index contributed by atoms with van der Waals surface area (Å²) in [6, 6.07) is 17.6. The highest BCUT2D eigenvalue weighted by Crippen LogP contribution is 2.11. The third kappa shape index (κ3) is 4.16. The fraction of sp³-hybridized carbons (Fsp3) is 0.105. The Labute approximate surface area is 140 Å². The summed E-state index contributed by atoms with van der Waals surface area (Å²) in [7, 11) is 0. The number of benzene rings is 2. The van der Waals surface area contributed by atoms with Crippen LogP contribution in [0.5, 0.6) is 0 Å². The highest BCUT2D eigenvalue weighted by molar-refractivity contribution is 6.02. The zero-order valence-electron chi connectivity index (χ0n) is 13.4. The van der Waals surface area contributed by atoms with E-state index in [1.54, 1.807) is 6.20 Å². The van der Waals surface area contributed by atoms with Crippen molar-refractivity contribution in [2.24, 2.45) is 0 Å². The van der Waals surface area contributed by atoms with Crippen LogP contribution in [0.4, 0.5) is 11.5 Å². The maximum Gasteiger partial charge on any atom is 0.275 e. The van der Waals surface area contributed by atoms with Crippen molar-refractivity contribution in [3.8, 4) is 0 Å². The van der Waals surface area contributed by atoms with Crippen molar-refractivity contribution in [1.82, 2.24) is 9.97 Å². The van der Waals surface area contributed by atoms with Gasteiger partial charge in [-0.25, -0.2) is 9.97 Å². The smallest absolute Gasteiger partial charge is 0.275 e. The Balaban J connectivity index is 1.60. The van der Waals surface area contributed by atoms with Gasteiger partial charge in [-0.2, -0.15) is 0 Å². The molecule has 0 spiro atoms. The molecule has 0 aliphatic rings. The number of amides is 1. The van der Waals surface area contributed by atoms with Gasteiger partial charge in [-0.3, -0.25) is 4.79 Å². The normalized spacial score (nSPS) is 10.2. The van der Waals surface area contributed by atoms with E-state index in [-0.39, 0.29) is 11.6 Å². The summed E-state index contributed by atoms with van der Waals surface area (Å²) in [5.74, 6) is 0.355. The minimum Gasteiger partial charge on any atom is -0.365 e. The molecule has 2 N–H and O–H groups in total. The van der Waals surface area contributed by atoms with Gasteiger partial charge in [0.15, 0.2) is 0 Å². The summed E-state index contributed by atoms with van der Waals surface area (Å²) in [6.07, 6.45) is 3.03. The predicted octanol–water partition coefficient (Wildman–Crippen LogP) is 3.65. The van der Waals surface area contributed by atoms with E-state index in [0.29, 0.717) is 12.4 Å². The molecule has 0 radical (unpaired) electrons. The lowest BCUT2D eigenvalue weighted by Gasteiger charge is -2.07. The van der Waals surface area contributed by atoms with Gasteiger partial charge in [0.2, 0.25) is 0 Å². The molecule has 0 aliphatic carbocycles. The summed E-state index contributed by atoms with van der Waals surface area (Å²) in [5.41, 5.74) is 3.26. The van der Waals surface area contributed by atoms with E-state index in [1.807, 2.05) is 61.5 Å². The standard InChI is InChI=1S/C19H18N4O/c1-14-6-5-9-16(10-14)23-19(24)17-12-22-18(13-20-17)21-11-15-7-3-2-4-8-15/h2-10,12-13H,11H2,1H3,(H,21,22)(H,23,24). The minimum atomic E-state index is -0.275. The van der Waals surface area contributed by atoms with Crippen LogP contribution in [0.3, 0.4) is 0 Å². The number of carbonyl (C=O) groups is 1. The van der Waals surface area contributed by atoms with Crippen LogP contribution in [0.2, 0.25) is 0 Å². The summed E-state index contributed by atoms with van der Waals surface area (Å²) >= 11 is 0. The number of nitrogens with one attached hydrogen (secondary N) is 2. The molecule has 1 amide bonds. The average Bonchev–Trinajstić information content (AvgIpc) is 2.61. The van der Waals surface area contributed by atoms with Crippen LogP contribution < -0.4 is 10.6 Å². The molecule has 0 saturated carbocycles. The lowest BCUT2D eigenvalue weighted by molar-refractivity contribution is 0.102. The van der Waals surface area contributed by atoms with E-state index >= 15 is 0 Å². The summed E-state index contributed by atoms with van der Waals surface area (Å²) in [6.45, 7) is 2.63. The van der Waals surface area contributed by atoms with E-state index in [1.165, 1.54) is 6.20 Å². The second-order valence-corrected chi connectivity index (χ2v) is 5.45.